The Morgan fingerprint density at radius 3 is 2.38 bits per heavy atom. The number of hydrogen-bond acceptors (Lipinski definition) is 3. The molecule has 0 spiro atoms. The maximum atomic E-state index is 12.1. The molecule has 114 valence electrons. The van der Waals surface area contributed by atoms with E-state index >= 15 is 0 Å². The van der Waals surface area contributed by atoms with E-state index in [0.29, 0.717) is 5.69 Å². The van der Waals surface area contributed by atoms with Crippen LogP contribution in [0, 0.1) is 0 Å². The monoisotopic (exact) mass is 290 g/mol. The van der Waals surface area contributed by atoms with Crippen LogP contribution in [-0.2, 0) is 9.59 Å². The van der Waals surface area contributed by atoms with Crippen LogP contribution >= 0.6 is 0 Å². The maximum absolute atomic E-state index is 12.1. The Labute approximate surface area is 125 Å². The summed E-state index contributed by atoms with van der Waals surface area (Å²) < 4.78 is 5.10. The van der Waals surface area contributed by atoms with Crippen LogP contribution in [-0.4, -0.2) is 31.5 Å². The average Bonchev–Trinajstić information content (AvgIpc) is 2.97. The Bertz CT molecular complexity index is 493. The number of benzene rings is 1. The zero-order valence-corrected chi connectivity index (χ0v) is 12.6. The second kappa shape index (κ2) is 7.11. The summed E-state index contributed by atoms with van der Waals surface area (Å²) in [6.45, 7) is 1.52. The fourth-order valence-corrected chi connectivity index (χ4v) is 2.63. The van der Waals surface area contributed by atoms with Gasteiger partial charge in [-0.05, 0) is 37.1 Å². The SMILES string of the molecule is COc1ccc(N(CC(=O)NC2CCCC2)C(C)=O)cc1. The molecule has 0 unspecified atom stereocenters. The van der Waals surface area contributed by atoms with E-state index in [-0.39, 0.29) is 24.4 Å². The first-order chi connectivity index (χ1) is 10.1. The molecule has 1 aliphatic rings. The minimum Gasteiger partial charge on any atom is -0.497 e. The fraction of sp³-hybridized carbons (Fsp3) is 0.500. The Hall–Kier alpha value is -2.04. The number of carbonyl (C=O) groups excluding carboxylic acids is 2. The van der Waals surface area contributed by atoms with Gasteiger partial charge in [0.2, 0.25) is 11.8 Å². The van der Waals surface area contributed by atoms with Gasteiger partial charge < -0.3 is 15.0 Å². The van der Waals surface area contributed by atoms with Crippen LogP contribution in [0.2, 0.25) is 0 Å². The van der Waals surface area contributed by atoms with Crippen molar-refractivity contribution in [2.24, 2.45) is 0 Å². The summed E-state index contributed by atoms with van der Waals surface area (Å²) in [5, 5.41) is 3.00. The molecule has 1 saturated carbocycles. The molecule has 21 heavy (non-hydrogen) atoms. The quantitative estimate of drug-likeness (QED) is 0.903. The molecule has 1 N–H and O–H groups in total. The fourth-order valence-electron chi connectivity index (χ4n) is 2.63. The largest absolute Gasteiger partial charge is 0.497 e. The van der Waals surface area contributed by atoms with Crippen LogP contribution in [0.3, 0.4) is 0 Å². The number of methoxy groups -OCH3 is 1. The molecule has 0 aliphatic heterocycles. The van der Waals surface area contributed by atoms with Crippen LogP contribution in [0.4, 0.5) is 5.69 Å². The predicted octanol–water partition coefficient (Wildman–Crippen LogP) is 2.11. The third kappa shape index (κ3) is 4.21. The first kappa shape index (κ1) is 15.4. The molecule has 0 heterocycles. The van der Waals surface area contributed by atoms with Crippen molar-refractivity contribution in [3.8, 4) is 5.75 Å². The van der Waals surface area contributed by atoms with E-state index in [2.05, 4.69) is 5.32 Å². The van der Waals surface area contributed by atoms with E-state index in [1.54, 1.807) is 31.4 Å². The summed E-state index contributed by atoms with van der Waals surface area (Å²) in [6.07, 6.45) is 4.41. The van der Waals surface area contributed by atoms with Crippen LogP contribution in [0.5, 0.6) is 5.75 Å². The van der Waals surface area contributed by atoms with Crippen molar-refractivity contribution in [3.63, 3.8) is 0 Å². The number of ether oxygens (including phenoxy) is 1. The molecule has 0 atom stereocenters. The lowest BCUT2D eigenvalue weighted by atomic mass is 10.2. The minimum atomic E-state index is -0.151. The van der Waals surface area contributed by atoms with Crippen molar-refractivity contribution in [3.05, 3.63) is 24.3 Å². The molecule has 0 radical (unpaired) electrons. The summed E-state index contributed by atoms with van der Waals surface area (Å²) >= 11 is 0. The molecule has 0 saturated heterocycles. The molecule has 1 aromatic rings. The molecule has 1 aromatic carbocycles. The van der Waals surface area contributed by atoms with Gasteiger partial charge in [-0.1, -0.05) is 12.8 Å². The molecule has 0 aromatic heterocycles. The number of nitrogens with zero attached hydrogens (tertiary/aromatic N) is 1. The van der Waals surface area contributed by atoms with Crippen LogP contribution in [0.1, 0.15) is 32.6 Å². The molecule has 1 fully saturated rings. The summed E-state index contributed by atoms with van der Waals surface area (Å²) in [4.78, 5) is 25.3. The van der Waals surface area contributed by atoms with Gasteiger partial charge in [-0.15, -0.1) is 0 Å². The number of carbonyl (C=O) groups is 2. The van der Waals surface area contributed by atoms with Gasteiger partial charge in [0.05, 0.1) is 7.11 Å². The van der Waals surface area contributed by atoms with Crippen molar-refractivity contribution >= 4 is 17.5 Å². The van der Waals surface area contributed by atoms with E-state index in [0.717, 1.165) is 18.6 Å². The first-order valence-corrected chi connectivity index (χ1v) is 7.31. The highest BCUT2D eigenvalue weighted by Gasteiger charge is 2.20. The van der Waals surface area contributed by atoms with E-state index in [1.807, 2.05) is 0 Å². The van der Waals surface area contributed by atoms with E-state index in [4.69, 9.17) is 4.74 Å². The smallest absolute Gasteiger partial charge is 0.240 e. The van der Waals surface area contributed by atoms with Gasteiger partial charge in [-0.3, -0.25) is 9.59 Å². The van der Waals surface area contributed by atoms with Gasteiger partial charge in [0, 0.05) is 18.7 Å². The van der Waals surface area contributed by atoms with Gasteiger partial charge in [-0.25, -0.2) is 0 Å². The molecular formula is C16H22N2O3. The standard InChI is InChI=1S/C16H22N2O3/c1-12(19)18(14-7-9-15(21-2)10-8-14)11-16(20)17-13-5-3-4-6-13/h7-10,13H,3-6,11H2,1-2H3,(H,17,20). The maximum Gasteiger partial charge on any atom is 0.240 e. The zero-order valence-electron chi connectivity index (χ0n) is 12.6. The second-order valence-corrected chi connectivity index (χ2v) is 5.35. The van der Waals surface area contributed by atoms with Gasteiger partial charge in [0.25, 0.3) is 0 Å². The molecule has 2 rings (SSSR count). The first-order valence-electron chi connectivity index (χ1n) is 7.31. The molecule has 5 nitrogen and oxygen atoms in total. The van der Waals surface area contributed by atoms with E-state index < -0.39 is 0 Å². The molecule has 1 aliphatic carbocycles. The number of hydrogen-bond donors (Lipinski definition) is 1. The van der Waals surface area contributed by atoms with Gasteiger partial charge >= 0.3 is 0 Å². The van der Waals surface area contributed by atoms with Gasteiger partial charge in [0.1, 0.15) is 12.3 Å². The molecule has 0 bridgehead atoms. The van der Waals surface area contributed by atoms with Gasteiger partial charge in [-0.2, -0.15) is 0 Å². The highest BCUT2D eigenvalue weighted by molar-refractivity contribution is 5.97. The highest BCUT2D eigenvalue weighted by Crippen LogP contribution is 2.20. The summed E-state index contributed by atoms with van der Waals surface area (Å²) in [5.74, 6) is 0.465. The summed E-state index contributed by atoms with van der Waals surface area (Å²) in [5.41, 5.74) is 0.699. The lowest BCUT2D eigenvalue weighted by Gasteiger charge is -2.22. The van der Waals surface area contributed by atoms with E-state index in [1.165, 1.54) is 24.7 Å². The number of amides is 2. The van der Waals surface area contributed by atoms with Gasteiger partial charge in [0.15, 0.2) is 0 Å². The lowest BCUT2D eigenvalue weighted by Crippen LogP contribution is -2.43. The van der Waals surface area contributed by atoms with Crippen LogP contribution in [0.25, 0.3) is 0 Å². The summed E-state index contributed by atoms with van der Waals surface area (Å²) in [6, 6.07) is 7.38. The van der Waals surface area contributed by atoms with Crippen LogP contribution in [0.15, 0.2) is 24.3 Å². The highest BCUT2D eigenvalue weighted by atomic mass is 16.5. The third-order valence-electron chi connectivity index (χ3n) is 3.79. The number of nitrogens with one attached hydrogen (secondary N) is 1. The van der Waals surface area contributed by atoms with Crippen molar-refractivity contribution in [1.29, 1.82) is 0 Å². The average molecular weight is 290 g/mol. The predicted molar refractivity (Wildman–Crippen MR) is 81.4 cm³/mol. The van der Waals surface area contributed by atoms with Crippen molar-refractivity contribution in [2.75, 3.05) is 18.6 Å². The normalized spacial score (nSPS) is 14.8. The van der Waals surface area contributed by atoms with Crippen molar-refractivity contribution in [2.45, 2.75) is 38.6 Å². The number of rotatable bonds is 5. The molecule has 2 amide bonds. The third-order valence-corrected chi connectivity index (χ3v) is 3.79. The second-order valence-electron chi connectivity index (χ2n) is 5.35. The summed E-state index contributed by atoms with van der Waals surface area (Å²) in [7, 11) is 1.59. The minimum absolute atomic E-state index is 0.0537. The van der Waals surface area contributed by atoms with Crippen molar-refractivity contribution < 1.29 is 14.3 Å². The Morgan fingerprint density at radius 2 is 1.86 bits per heavy atom. The Balaban J connectivity index is 2.00. The van der Waals surface area contributed by atoms with Crippen LogP contribution < -0.4 is 15.0 Å². The number of anilines is 1. The lowest BCUT2D eigenvalue weighted by molar-refractivity contribution is -0.123. The van der Waals surface area contributed by atoms with Crippen molar-refractivity contribution in [1.82, 2.24) is 5.32 Å². The molecule has 5 heteroatoms. The molecular weight excluding hydrogens is 268 g/mol. The topological polar surface area (TPSA) is 58.6 Å². The zero-order chi connectivity index (χ0) is 15.2. The Morgan fingerprint density at radius 1 is 1.24 bits per heavy atom. The Kier molecular flexibility index (Phi) is 5.20. The van der Waals surface area contributed by atoms with E-state index in [9.17, 15) is 9.59 Å².